The monoisotopic (exact) mass is 346 g/mol. The summed E-state index contributed by atoms with van der Waals surface area (Å²) in [6.07, 6.45) is 0. The largest absolute Gasteiger partial charge is 0.340 e. The third-order valence-corrected chi connectivity index (χ3v) is 4.40. The number of rotatable bonds is 7. The molecule has 1 amide bonds. The van der Waals surface area contributed by atoms with Crippen LogP contribution in [0.25, 0.3) is 0 Å². The van der Waals surface area contributed by atoms with Crippen LogP contribution in [-0.4, -0.2) is 35.8 Å². The highest BCUT2D eigenvalue weighted by molar-refractivity contribution is 5.78. The SMILES string of the molecule is CCN(CC(=O)N(C)Cc1ccc(F)cc1)C(C)c1ccc(F)cc1. The lowest BCUT2D eigenvalue weighted by Crippen LogP contribution is -2.39. The van der Waals surface area contributed by atoms with Crippen LogP contribution in [0.15, 0.2) is 48.5 Å². The highest BCUT2D eigenvalue weighted by Crippen LogP contribution is 2.20. The second-order valence-corrected chi connectivity index (χ2v) is 6.17. The minimum atomic E-state index is -0.289. The molecule has 0 bridgehead atoms. The van der Waals surface area contributed by atoms with Crippen molar-refractivity contribution in [2.75, 3.05) is 20.1 Å². The fourth-order valence-electron chi connectivity index (χ4n) is 2.72. The standard InChI is InChI=1S/C20H24F2N2O/c1-4-24(15(2)17-7-11-19(22)12-8-17)14-20(25)23(3)13-16-5-9-18(21)10-6-16/h5-12,15H,4,13-14H2,1-3H3. The number of benzene rings is 2. The van der Waals surface area contributed by atoms with Crippen molar-refractivity contribution < 1.29 is 13.6 Å². The van der Waals surface area contributed by atoms with Crippen LogP contribution in [0.1, 0.15) is 31.0 Å². The van der Waals surface area contributed by atoms with Crippen LogP contribution in [0.4, 0.5) is 8.78 Å². The van der Waals surface area contributed by atoms with Crippen molar-refractivity contribution in [1.82, 2.24) is 9.80 Å². The van der Waals surface area contributed by atoms with Crippen molar-refractivity contribution in [3.63, 3.8) is 0 Å². The Morgan fingerprint density at radius 3 is 2.04 bits per heavy atom. The van der Waals surface area contributed by atoms with Gasteiger partial charge in [-0.2, -0.15) is 0 Å². The molecule has 2 aromatic carbocycles. The zero-order chi connectivity index (χ0) is 18.4. The van der Waals surface area contributed by atoms with E-state index >= 15 is 0 Å². The van der Waals surface area contributed by atoms with E-state index in [0.29, 0.717) is 13.1 Å². The fraction of sp³-hybridized carbons (Fsp3) is 0.350. The molecule has 0 radical (unpaired) electrons. The number of halogens is 2. The molecule has 25 heavy (non-hydrogen) atoms. The summed E-state index contributed by atoms with van der Waals surface area (Å²) >= 11 is 0. The molecule has 0 aromatic heterocycles. The molecule has 0 heterocycles. The van der Waals surface area contributed by atoms with Crippen molar-refractivity contribution in [3.8, 4) is 0 Å². The van der Waals surface area contributed by atoms with Crippen molar-refractivity contribution >= 4 is 5.91 Å². The Morgan fingerprint density at radius 1 is 1.00 bits per heavy atom. The highest BCUT2D eigenvalue weighted by Gasteiger charge is 2.19. The number of carbonyl (C=O) groups is 1. The van der Waals surface area contributed by atoms with E-state index in [-0.39, 0.29) is 30.1 Å². The molecule has 1 atom stereocenters. The summed E-state index contributed by atoms with van der Waals surface area (Å²) < 4.78 is 26.0. The summed E-state index contributed by atoms with van der Waals surface area (Å²) in [5.41, 5.74) is 1.85. The zero-order valence-electron chi connectivity index (χ0n) is 14.9. The Balaban J connectivity index is 1.98. The number of hydrogen-bond donors (Lipinski definition) is 0. The molecule has 5 heteroatoms. The first kappa shape index (κ1) is 19.1. The molecule has 2 rings (SSSR count). The Morgan fingerprint density at radius 2 is 1.52 bits per heavy atom. The summed E-state index contributed by atoms with van der Waals surface area (Å²) in [7, 11) is 1.74. The first-order valence-electron chi connectivity index (χ1n) is 8.38. The number of likely N-dealkylation sites (N-methyl/N-ethyl adjacent to an activating group) is 2. The Bertz CT molecular complexity index is 686. The molecule has 2 aromatic rings. The van der Waals surface area contributed by atoms with E-state index in [0.717, 1.165) is 11.1 Å². The molecule has 134 valence electrons. The van der Waals surface area contributed by atoms with E-state index in [2.05, 4.69) is 0 Å². The maximum Gasteiger partial charge on any atom is 0.236 e. The van der Waals surface area contributed by atoms with Gasteiger partial charge < -0.3 is 4.90 Å². The lowest BCUT2D eigenvalue weighted by atomic mass is 10.1. The van der Waals surface area contributed by atoms with Gasteiger partial charge in [-0.3, -0.25) is 9.69 Å². The van der Waals surface area contributed by atoms with E-state index in [1.807, 2.05) is 18.7 Å². The molecular formula is C20H24F2N2O. The Kier molecular flexibility index (Phi) is 6.65. The lowest BCUT2D eigenvalue weighted by molar-refractivity contribution is -0.132. The quantitative estimate of drug-likeness (QED) is 0.756. The van der Waals surface area contributed by atoms with E-state index < -0.39 is 0 Å². The van der Waals surface area contributed by atoms with Gasteiger partial charge in [-0.05, 0) is 48.9 Å². The van der Waals surface area contributed by atoms with E-state index in [4.69, 9.17) is 0 Å². The number of carbonyl (C=O) groups excluding carboxylic acids is 1. The van der Waals surface area contributed by atoms with Gasteiger partial charge in [0.2, 0.25) is 5.91 Å². The second-order valence-electron chi connectivity index (χ2n) is 6.17. The second kappa shape index (κ2) is 8.72. The fourth-order valence-corrected chi connectivity index (χ4v) is 2.72. The lowest BCUT2D eigenvalue weighted by Gasteiger charge is -2.29. The van der Waals surface area contributed by atoms with Gasteiger partial charge >= 0.3 is 0 Å². The van der Waals surface area contributed by atoms with E-state index in [1.54, 1.807) is 36.2 Å². The maximum atomic E-state index is 13.1. The topological polar surface area (TPSA) is 23.6 Å². The third kappa shape index (κ3) is 5.36. The molecule has 0 saturated heterocycles. The van der Waals surface area contributed by atoms with Crippen LogP contribution in [-0.2, 0) is 11.3 Å². The summed E-state index contributed by atoms with van der Waals surface area (Å²) in [6, 6.07) is 12.5. The molecule has 0 saturated carbocycles. The van der Waals surface area contributed by atoms with Gasteiger partial charge in [0.05, 0.1) is 6.54 Å². The zero-order valence-corrected chi connectivity index (χ0v) is 14.9. The van der Waals surface area contributed by atoms with Crippen molar-refractivity contribution in [1.29, 1.82) is 0 Å². The average molecular weight is 346 g/mol. The molecule has 0 aliphatic carbocycles. The van der Waals surface area contributed by atoms with Gasteiger partial charge in [0.25, 0.3) is 0 Å². The molecule has 0 aliphatic rings. The molecule has 0 N–H and O–H groups in total. The predicted molar refractivity (Wildman–Crippen MR) is 94.9 cm³/mol. The molecule has 1 unspecified atom stereocenters. The first-order valence-corrected chi connectivity index (χ1v) is 8.38. The normalized spacial score (nSPS) is 12.2. The van der Waals surface area contributed by atoms with Gasteiger partial charge in [-0.15, -0.1) is 0 Å². The van der Waals surface area contributed by atoms with Crippen molar-refractivity contribution in [2.45, 2.75) is 26.4 Å². The van der Waals surface area contributed by atoms with Gasteiger partial charge in [-0.25, -0.2) is 8.78 Å². The third-order valence-electron chi connectivity index (χ3n) is 4.40. The summed E-state index contributed by atoms with van der Waals surface area (Å²) in [5, 5.41) is 0. The number of nitrogens with zero attached hydrogens (tertiary/aromatic N) is 2. The highest BCUT2D eigenvalue weighted by atomic mass is 19.1. The van der Waals surface area contributed by atoms with E-state index in [9.17, 15) is 13.6 Å². The van der Waals surface area contributed by atoms with Crippen LogP contribution in [0.5, 0.6) is 0 Å². The van der Waals surface area contributed by atoms with Crippen LogP contribution in [0.3, 0.4) is 0 Å². The maximum absolute atomic E-state index is 13.1. The molecule has 0 fully saturated rings. The van der Waals surface area contributed by atoms with Gasteiger partial charge in [0.1, 0.15) is 11.6 Å². The van der Waals surface area contributed by atoms with Gasteiger partial charge in [0, 0.05) is 19.6 Å². The summed E-state index contributed by atoms with van der Waals surface area (Å²) in [6.45, 7) is 5.40. The van der Waals surface area contributed by atoms with E-state index in [1.165, 1.54) is 24.3 Å². The number of amides is 1. The first-order chi connectivity index (χ1) is 11.9. The molecule has 0 spiro atoms. The molecule has 0 aliphatic heterocycles. The average Bonchev–Trinajstić information content (AvgIpc) is 2.61. The van der Waals surface area contributed by atoms with Crippen LogP contribution in [0, 0.1) is 11.6 Å². The van der Waals surface area contributed by atoms with Gasteiger partial charge in [0.15, 0.2) is 0 Å². The minimum Gasteiger partial charge on any atom is -0.340 e. The Hall–Kier alpha value is -2.27. The van der Waals surface area contributed by atoms with Gasteiger partial charge in [-0.1, -0.05) is 31.2 Å². The van der Waals surface area contributed by atoms with Crippen LogP contribution < -0.4 is 0 Å². The smallest absolute Gasteiger partial charge is 0.236 e. The number of hydrogen-bond acceptors (Lipinski definition) is 2. The summed E-state index contributed by atoms with van der Waals surface area (Å²) in [5.74, 6) is -0.572. The van der Waals surface area contributed by atoms with Crippen molar-refractivity contribution in [3.05, 3.63) is 71.3 Å². The molecular weight excluding hydrogens is 322 g/mol. The Labute approximate surface area is 147 Å². The van der Waals surface area contributed by atoms with Crippen LogP contribution in [0.2, 0.25) is 0 Å². The minimum absolute atomic E-state index is 0.00812. The molecule has 3 nitrogen and oxygen atoms in total. The van der Waals surface area contributed by atoms with Crippen molar-refractivity contribution in [2.24, 2.45) is 0 Å². The van der Waals surface area contributed by atoms with Crippen LogP contribution >= 0.6 is 0 Å². The summed E-state index contributed by atoms with van der Waals surface area (Å²) in [4.78, 5) is 16.2. The predicted octanol–water partition coefficient (Wildman–Crippen LogP) is 4.01.